The number of rotatable bonds is 5. The lowest BCUT2D eigenvalue weighted by Crippen LogP contribution is -2.14. The van der Waals surface area contributed by atoms with Gasteiger partial charge in [0.05, 0.1) is 12.7 Å². The van der Waals surface area contributed by atoms with Gasteiger partial charge in [0.1, 0.15) is 11.3 Å². The SMILES string of the molecule is COC(=O)c1cc(Oc2ncccc2C(F)(F)F)ccc1NC(C)C. The predicted octanol–water partition coefficient (Wildman–Crippen LogP) is 4.50. The summed E-state index contributed by atoms with van der Waals surface area (Å²) in [5, 5.41) is 3.06. The van der Waals surface area contributed by atoms with E-state index in [2.05, 4.69) is 10.3 Å². The van der Waals surface area contributed by atoms with Crippen molar-refractivity contribution < 1.29 is 27.4 Å². The van der Waals surface area contributed by atoms with Crippen molar-refractivity contribution in [2.45, 2.75) is 26.1 Å². The number of ether oxygens (including phenoxy) is 2. The number of halogens is 3. The third kappa shape index (κ3) is 4.62. The maximum absolute atomic E-state index is 13.0. The minimum Gasteiger partial charge on any atom is -0.465 e. The molecule has 0 spiro atoms. The van der Waals surface area contributed by atoms with Crippen molar-refractivity contribution in [2.75, 3.05) is 12.4 Å². The second-order valence-corrected chi connectivity index (χ2v) is 5.45. The van der Waals surface area contributed by atoms with Crippen LogP contribution in [-0.2, 0) is 10.9 Å². The zero-order chi connectivity index (χ0) is 18.6. The molecule has 8 heteroatoms. The number of carbonyl (C=O) groups excluding carboxylic acids is 1. The van der Waals surface area contributed by atoms with Crippen molar-refractivity contribution >= 4 is 11.7 Å². The Labute approximate surface area is 142 Å². The van der Waals surface area contributed by atoms with Gasteiger partial charge in [0.2, 0.25) is 5.88 Å². The summed E-state index contributed by atoms with van der Waals surface area (Å²) in [7, 11) is 1.22. The lowest BCUT2D eigenvalue weighted by Gasteiger charge is -2.16. The van der Waals surface area contributed by atoms with Crippen LogP contribution < -0.4 is 10.1 Å². The second-order valence-electron chi connectivity index (χ2n) is 5.45. The molecule has 0 radical (unpaired) electrons. The van der Waals surface area contributed by atoms with Crippen LogP contribution in [0.1, 0.15) is 29.8 Å². The maximum Gasteiger partial charge on any atom is 0.421 e. The standard InChI is InChI=1S/C17H17F3N2O3/c1-10(2)22-14-7-6-11(9-12(14)16(23)24-3)25-15-13(17(18,19)20)5-4-8-21-15/h4-10,22H,1-3H3. The smallest absolute Gasteiger partial charge is 0.421 e. The summed E-state index contributed by atoms with van der Waals surface area (Å²) < 4.78 is 49.0. The topological polar surface area (TPSA) is 60.5 Å². The average Bonchev–Trinajstić information content (AvgIpc) is 2.54. The number of methoxy groups -OCH3 is 1. The summed E-state index contributed by atoms with van der Waals surface area (Å²) in [6.45, 7) is 3.77. The summed E-state index contributed by atoms with van der Waals surface area (Å²) in [6, 6.07) is 6.39. The molecule has 2 rings (SSSR count). The van der Waals surface area contributed by atoms with Gasteiger partial charge in [0, 0.05) is 17.9 Å². The van der Waals surface area contributed by atoms with Crippen LogP contribution >= 0.6 is 0 Å². The quantitative estimate of drug-likeness (QED) is 0.801. The van der Waals surface area contributed by atoms with E-state index in [1.54, 1.807) is 0 Å². The van der Waals surface area contributed by atoms with E-state index in [4.69, 9.17) is 9.47 Å². The second kappa shape index (κ2) is 7.42. The number of nitrogens with zero attached hydrogens (tertiary/aromatic N) is 1. The minimum atomic E-state index is -4.60. The van der Waals surface area contributed by atoms with Gasteiger partial charge in [-0.1, -0.05) is 0 Å². The van der Waals surface area contributed by atoms with Crippen molar-refractivity contribution in [3.8, 4) is 11.6 Å². The Balaban J connectivity index is 2.40. The lowest BCUT2D eigenvalue weighted by molar-refractivity contribution is -0.138. The number of aromatic nitrogens is 1. The van der Waals surface area contributed by atoms with Gasteiger partial charge >= 0.3 is 12.1 Å². The van der Waals surface area contributed by atoms with Crippen LogP contribution in [-0.4, -0.2) is 24.1 Å². The van der Waals surface area contributed by atoms with E-state index in [1.807, 2.05) is 13.8 Å². The molecule has 0 unspecified atom stereocenters. The van der Waals surface area contributed by atoms with E-state index in [0.717, 1.165) is 6.07 Å². The molecular weight excluding hydrogens is 337 g/mol. The van der Waals surface area contributed by atoms with Crippen LogP contribution in [0.2, 0.25) is 0 Å². The summed E-state index contributed by atoms with van der Waals surface area (Å²) in [4.78, 5) is 15.6. The van der Waals surface area contributed by atoms with Crippen LogP contribution in [0.25, 0.3) is 0 Å². The Bertz CT molecular complexity index is 761. The first-order valence-electron chi connectivity index (χ1n) is 7.41. The fourth-order valence-corrected chi connectivity index (χ4v) is 2.10. The zero-order valence-corrected chi connectivity index (χ0v) is 13.8. The molecule has 0 bridgehead atoms. The van der Waals surface area contributed by atoms with E-state index in [1.165, 1.54) is 37.6 Å². The fraction of sp³-hybridized carbons (Fsp3) is 0.294. The molecule has 1 aromatic carbocycles. The zero-order valence-electron chi connectivity index (χ0n) is 13.8. The number of hydrogen-bond donors (Lipinski definition) is 1. The molecule has 0 aliphatic rings. The molecule has 1 aromatic heterocycles. The van der Waals surface area contributed by atoms with Crippen molar-refractivity contribution in [1.29, 1.82) is 0 Å². The normalized spacial score (nSPS) is 11.3. The molecule has 0 atom stereocenters. The Morgan fingerprint density at radius 2 is 1.96 bits per heavy atom. The molecule has 2 aromatic rings. The highest BCUT2D eigenvalue weighted by Crippen LogP contribution is 2.37. The molecule has 25 heavy (non-hydrogen) atoms. The van der Waals surface area contributed by atoms with Gasteiger partial charge in [-0.2, -0.15) is 13.2 Å². The number of hydrogen-bond acceptors (Lipinski definition) is 5. The van der Waals surface area contributed by atoms with Crippen LogP contribution in [0.5, 0.6) is 11.6 Å². The summed E-state index contributed by atoms with van der Waals surface area (Å²) in [5.41, 5.74) is -0.358. The van der Waals surface area contributed by atoms with Gasteiger partial charge in [0.15, 0.2) is 0 Å². The Morgan fingerprint density at radius 3 is 2.56 bits per heavy atom. The molecular formula is C17H17F3N2O3. The van der Waals surface area contributed by atoms with Gasteiger partial charge in [-0.05, 0) is 44.2 Å². The van der Waals surface area contributed by atoms with Crippen molar-refractivity contribution in [3.63, 3.8) is 0 Å². The molecule has 0 saturated carbocycles. The third-order valence-corrected chi connectivity index (χ3v) is 3.13. The van der Waals surface area contributed by atoms with Crippen LogP contribution in [0, 0.1) is 0 Å². The summed E-state index contributed by atoms with van der Waals surface area (Å²) in [6.07, 6.45) is -3.41. The molecule has 134 valence electrons. The number of anilines is 1. The Kier molecular flexibility index (Phi) is 5.51. The molecule has 0 aliphatic heterocycles. The molecule has 1 N–H and O–H groups in total. The van der Waals surface area contributed by atoms with Gasteiger partial charge in [-0.15, -0.1) is 0 Å². The van der Waals surface area contributed by atoms with Gasteiger partial charge in [-0.25, -0.2) is 9.78 Å². The third-order valence-electron chi connectivity index (χ3n) is 3.13. The van der Waals surface area contributed by atoms with Crippen LogP contribution in [0.3, 0.4) is 0 Å². The van der Waals surface area contributed by atoms with E-state index < -0.39 is 23.6 Å². The van der Waals surface area contributed by atoms with Gasteiger partial charge < -0.3 is 14.8 Å². The summed E-state index contributed by atoms with van der Waals surface area (Å²) >= 11 is 0. The monoisotopic (exact) mass is 354 g/mol. The van der Waals surface area contributed by atoms with E-state index in [-0.39, 0.29) is 17.4 Å². The first-order chi connectivity index (χ1) is 11.7. The van der Waals surface area contributed by atoms with Crippen molar-refractivity contribution in [1.82, 2.24) is 4.98 Å². The maximum atomic E-state index is 13.0. The van der Waals surface area contributed by atoms with E-state index in [0.29, 0.717) is 5.69 Å². The lowest BCUT2D eigenvalue weighted by atomic mass is 10.1. The van der Waals surface area contributed by atoms with E-state index in [9.17, 15) is 18.0 Å². The predicted molar refractivity (Wildman–Crippen MR) is 85.9 cm³/mol. The van der Waals surface area contributed by atoms with Gasteiger partial charge in [-0.3, -0.25) is 0 Å². The number of carbonyl (C=O) groups is 1. The number of esters is 1. The minimum absolute atomic E-state index is 0.0407. The van der Waals surface area contributed by atoms with Crippen molar-refractivity contribution in [2.24, 2.45) is 0 Å². The molecule has 0 amide bonds. The molecule has 0 fully saturated rings. The highest BCUT2D eigenvalue weighted by Gasteiger charge is 2.35. The first-order valence-corrected chi connectivity index (χ1v) is 7.41. The number of nitrogens with one attached hydrogen (secondary N) is 1. The number of alkyl halides is 3. The molecule has 0 saturated heterocycles. The Morgan fingerprint density at radius 1 is 1.24 bits per heavy atom. The van der Waals surface area contributed by atoms with Crippen molar-refractivity contribution in [3.05, 3.63) is 47.7 Å². The molecule has 0 aliphatic carbocycles. The largest absolute Gasteiger partial charge is 0.465 e. The molecule has 1 heterocycles. The van der Waals surface area contributed by atoms with Crippen LogP contribution in [0.4, 0.5) is 18.9 Å². The Hall–Kier alpha value is -2.77. The molecule has 5 nitrogen and oxygen atoms in total. The highest BCUT2D eigenvalue weighted by atomic mass is 19.4. The van der Waals surface area contributed by atoms with E-state index >= 15 is 0 Å². The number of benzene rings is 1. The summed E-state index contributed by atoms with van der Waals surface area (Å²) in [5.74, 6) is -1.18. The van der Waals surface area contributed by atoms with Crippen LogP contribution in [0.15, 0.2) is 36.5 Å². The van der Waals surface area contributed by atoms with Gasteiger partial charge in [0.25, 0.3) is 0 Å². The average molecular weight is 354 g/mol. The highest BCUT2D eigenvalue weighted by molar-refractivity contribution is 5.96. The number of pyridine rings is 1. The fourth-order valence-electron chi connectivity index (χ4n) is 2.10. The first kappa shape index (κ1) is 18.6.